The summed E-state index contributed by atoms with van der Waals surface area (Å²) in [5.41, 5.74) is 1.77. The van der Waals surface area contributed by atoms with Gasteiger partial charge in [0.15, 0.2) is 0 Å². The lowest BCUT2D eigenvalue weighted by atomic mass is 10.1. The summed E-state index contributed by atoms with van der Waals surface area (Å²) in [6, 6.07) is 7.37. The van der Waals surface area contributed by atoms with Gasteiger partial charge in [-0.15, -0.1) is 0 Å². The van der Waals surface area contributed by atoms with Crippen molar-refractivity contribution in [3.05, 3.63) is 35.4 Å². The standard InChI is InChI=1S/C20H28N2O4/c23-19(24)13-18-15-26-11-10-22(18)20(25)17-7-5-6-16(12-17)14-21-8-3-1-2-4-9-21/h5-7,12,18H,1-4,8-11,13-15H2,(H,23,24)/t18-/m1/s1. The van der Waals surface area contributed by atoms with Gasteiger partial charge >= 0.3 is 5.97 Å². The molecule has 1 amide bonds. The molecule has 1 N–H and O–H groups in total. The minimum atomic E-state index is -0.909. The third-order valence-corrected chi connectivity index (χ3v) is 5.18. The molecule has 0 aromatic heterocycles. The van der Waals surface area contributed by atoms with Crippen LogP contribution in [0.15, 0.2) is 24.3 Å². The van der Waals surface area contributed by atoms with Crippen molar-refractivity contribution < 1.29 is 19.4 Å². The average molecular weight is 360 g/mol. The van der Waals surface area contributed by atoms with Gasteiger partial charge in [0.25, 0.3) is 5.91 Å². The van der Waals surface area contributed by atoms with Crippen LogP contribution in [-0.4, -0.2) is 65.7 Å². The van der Waals surface area contributed by atoms with Crippen LogP contribution in [0.3, 0.4) is 0 Å². The SMILES string of the molecule is O=C(O)C[C@@H]1COCCN1C(=O)c1cccc(CN2CCCCCC2)c1. The van der Waals surface area contributed by atoms with Crippen LogP contribution in [0.1, 0.15) is 48.0 Å². The second-order valence-corrected chi connectivity index (χ2v) is 7.22. The molecule has 142 valence electrons. The fourth-order valence-corrected chi connectivity index (χ4v) is 3.81. The average Bonchev–Trinajstić information content (AvgIpc) is 2.90. The topological polar surface area (TPSA) is 70.1 Å². The third kappa shape index (κ3) is 5.05. The quantitative estimate of drug-likeness (QED) is 0.873. The van der Waals surface area contributed by atoms with Gasteiger partial charge in [0, 0.05) is 18.7 Å². The van der Waals surface area contributed by atoms with Gasteiger partial charge in [-0.2, -0.15) is 0 Å². The molecule has 0 spiro atoms. The molecule has 2 heterocycles. The fourth-order valence-electron chi connectivity index (χ4n) is 3.81. The lowest BCUT2D eigenvalue weighted by Crippen LogP contribution is -2.49. The maximum atomic E-state index is 13.0. The number of amides is 1. The van der Waals surface area contributed by atoms with Gasteiger partial charge in [0.05, 0.1) is 25.7 Å². The van der Waals surface area contributed by atoms with Gasteiger partial charge < -0.3 is 14.7 Å². The van der Waals surface area contributed by atoms with Gasteiger partial charge in [-0.25, -0.2) is 0 Å². The van der Waals surface area contributed by atoms with E-state index in [0.717, 1.165) is 25.2 Å². The minimum Gasteiger partial charge on any atom is -0.481 e. The van der Waals surface area contributed by atoms with Crippen molar-refractivity contribution in [3.63, 3.8) is 0 Å². The van der Waals surface area contributed by atoms with E-state index in [4.69, 9.17) is 9.84 Å². The second kappa shape index (κ2) is 9.14. The number of carboxylic acid groups (broad SMARTS) is 1. The van der Waals surface area contributed by atoms with Crippen LogP contribution in [0.2, 0.25) is 0 Å². The molecule has 1 aromatic carbocycles. The highest BCUT2D eigenvalue weighted by molar-refractivity contribution is 5.95. The molecule has 26 heavy (non-hydrogen) atoms. The number of benzene rings is 1. The molecule has 2 aliphatic rings. The largest absolute Gasteiger partial charge is 0.481 e. The Bertz CT molecular complexity index is 626. The molecule has 6 heteroatoms. The number of morpholine rings is 1. The van der Waals surface area contributed by atoms with Crippen LogP contribution >= 0.6 is 0 Å². The van der Waals surface area contributed by atoms with Crippen molar-refractivity contribution in [1.82, 2.24) is 9.80 Å². The van der Waals surface area contributed by atoms with Crippen LogP contribution in [0.5, 0.6) is 0 Å². The Hall–Kier alpha value is -1.92. The molecule has 0 aliphatic carbocycles. The Labute approximate surface area is 154 Å². The molecule has 0 radical (unpaired) electrons. The van der Waals surface area contributed by atoms with E-state index in [1.165, 1.54) is 25.7 Å². The van der Waals surface area contributed by atoms with Crippen molar-refractivity contribution >= 4 is 11.9 Å². The highest BCUT2D eigenvalue weighted by atomic mass is 16.5. The Morgan fingerprint density at radius 3 is 2.62 bits per heavy atom. The van der Waals surface area contributed by atoms with E-state index in [1.54, 1.807) is 4.90 Å². The number of hydrogen-bond donors (Lipinski definition) is 1. The summed E-state index contributed by atoms with van der Waals surface area (Å²) in [5, 5.41) is 9.09. The summed E-state index contributed by atoms with van der Waals surface area (Å²) in [6.07, 6.45) is 5.00. The molecule has 0 saturated carbocycles. The lowest BCUT2D eigenvalue weighted by Gasteiger charge is -2.35. The van der Waals surface area contributed by atoms with Gasteiger partial charge in [-0.1, -0.05) is 25.0 Å². The van der Waals surface area contributed by atoms with Crippen molar-refractivity contribution in [2.75, 3.05) is 32.8 Å². The zero-order chi connectivity index (χ0) is 18.4. The van der Waals surface area contributed by atoms with Crippen LogP contribution < -0.4 is 0 Å². The number of carbonyl (C=O) groups is 2. The molecule has 3 rings (SSSR count). The summed E-state index contributed by atoms with van der Waals surface area (Å²) < 4.78 is 5.37. The van der Waals surface area contributed by atoms with Crippen molar-refractivity contribution in [1.29, 1.82) is 0 Å². The number of carboxylic acids is 1. The molecule has 6 nitrogen and oxygen atoms in total. The first-order valence-corrected chi connectivity index (χ1v) is 9.55. The zero-order valence-electron chi connectivity index (χ0n) is 15.2. The Morgan fingerprint density at radius 1 is 1.12 bits per heavy atom. The summed E-state index contributed by atoms with van der Waals surface area (Å²) in [4.78, 5) is 28.1. The normalized spacial score (nSPS) is 22.0. The molecular weight excluding hydrogens is 332 g/mol. The third-order valence-electron chi connectivity index (χ3n) is 5.18. The maximum Gasteiger partial charge on any atom is 0.305 e. The number of hydrogen-bond acceptors (Lipinski definition) is 4. The number of carbonyl (C=O) groups excluding carboxylic acids is 1. The van der Waals surface area contributed by atoms with Crippen LogP contribution in [0.25, 0.3) is 0 Å². The van der Waals surface area contributed by atoms with Crippen molar-refractivity contribution in [3.8, 4) is 0 Å². The molecule has 0 bridgehead atoms. The highest BCUT2D eigenvalue weighted by Crippen LogP contribution is 2.18. The lowest BCUT2D eigenvalue weighted by molar-refractivity contribution is -0.139. The second-order valence-electron chi connectivity index (χ2n) is 7.22. The van der Waals surface area contributed by atoms with E-state index in [2.05, 4.69) is 11.0 Å². The molecular formula is C20H28N2O4. The first kappa shape index (κ1) is 18.9. The fraction of sp³-hybridized carbons (Fsp3) is 0.600. The van der Waals surface area contributed by atoms with E-state index < -0.39 is 12.0 Å². The van der Waals surface area contributed by atoms with Gasteiger partial charge in [0.2, 0.25) is 0 Å². The number of likely N-dealkylation sites (tertiary alicyclic amines) is 1. The van der Waals surface area contributed by atoms with E-state index in [9.17, 15) is 9.59 Å². The zero-order valence-corrected chi connectivity index (χ0v) is 15.2. The minimum absolute atomic E-state index is 0.0841. The van der Waals surface area contributed by atoms with Crippen molar-refractivity contribution in [2.24, 2.45) is 0 Å². The smallest absolute Gasteiger partial charge is 0.305 e. The first-order valence-electron chi connectivity index (χ1n) is 9.55. The molecule has 2 aliphatic heterocycles. The molecule has 0 unspecified atom stereocenters. The molecule has 1 aromatic rings. The number of rotatable bonds is 5. The van der Waals surface area contributed by atoms with Gasteiger partial charge in [0.1, 0.15) is 0 Å². The highest BCUT2D eigenvalue weighted by Gasteiger charge is 2.29. The maximum absolute atomic E-state index is 13.0. The van der Waals surface area contributed by atoms with Crippen LogP contribution in [0, 0.1) is 0 Å². The van der Waals surface area contributed by atoms with Crippen LogP contribution in [-0.2, 0) is 16.1 Å². The van der Waals surface area contributed by atoms with E-state index >= 15 is 0 Å². The number of aliphatic carboxylic acids is 1. The van der Waals surface area contributed by atoms with E-state index in [1.807, 2.05) is 18.2 Å². The summed E-state index contributed by atoms with van der Waals surface area (Å²) in [5.74, 6) is -1.01. The number of nitrogens with zero attached hydrogens (tertiary/aromatic N) is 2. The summed E-state index contributed by atoms with van der Waals surface area (Å²) in [6.45, 7) is 4.27. The monoisotopic (exact) mass is 360 g/mol. The molecule has 1 atom stereocenters. The Balaban J connectivity index is 1.69. The van der Waals surface area contributed by atoms with Gasteiger partial charge in [-0.05, 0) is 43.6 Å². The molecule has 2 saturated heterocycles. The van der Waals surface area contributed by atoms with Gasteiger partial charge in [-0.3, -0.25) is 14.5 Å². The summed E-state index contributed by atoms with van der Waals surface area (Å²) >= 11 is 0. The Kier molecular flexibility index (Phi) is 6.63. The number of ether oxygens (including phenoxy) is 1. The first-order chi connectivity index (χ1) is 12.6. The van der Waals surface area contributed by atoms with E-state index in [0.29, 0.717) is 18.7 Å². The van der Waals surface area contributed by atoms with Crippen molar-refractivity contribution in [2.45, 2.75) is 44.7 Å². The Morgan fingerprint density at radius 2 is 1.88 bits per heavy atom. The predicted molar refractivity (Wildman–Crippen MR) is 98.1 cm³/mol. The van der Waals surface area contributed by atoms with E-state index in [-0.39, 0.29) is 18.9 Å². The molecule has 2 fully saturated rings. The summed E-state index contributed by atoms with van der Waals surface area (Å²) in [7, 11) is 0. The van der Waals surface area contributed by atoms with Crippen LogP contribution in [0.4, 0.5) is 0 Å². The predicted octanol–water partition coefficient (Wildman–Crippen LogP) is 2.38.